The van der Waals surface area contributed by atoms with Gasteiger partial charge in [-0.1, -0.05) is 0 Å². The van der Waals surface area contributed by atoms with Gasteiger partial charge in [-0.05, 0) is 18.9 Å². The zero-order valence-corrected chi connectivity index (χ0v) is 10.5. The third-order valence-corrected chi connectivity index (χ3v) is 2.82. The van der Waals surface area contributed by atoms with E-state index in [1.54, 1.807) is 0 Å². The van der Waals surface area contributed by atoms with Crippen molar-refractivity contribution in [2.24, 2.45) is 0 Å². The van der Waals surface area contributed by atoms with Gasteiger partial charge in [0.15, 0.2) is 11.6 Å². The quantitative estimate of drug-likeness (QED) is 0.701. The first kappa shape index (κ1) is 15.3. The Hall–Kier alpha value is -0.780. The summed E-state index contributed by atoms with van der Waals surface area (Å²) >= 11 is 0. The molecule has 0 N–H and O–H groups in total. The van der Waals surface area contributed by atoms with E-state index >= 15 is 0 Å². The summed E-state index contributed by atoms with van der Waals surface area (Å²) in [7, 11) is 0. The maximum absolute atomic E-state index is 13.2. The lowest BCUT2D eigenvalue weighted by molar-refractivity contribution is -0.00000692. The number of likely N-dealkylation sites (tertiary alicyclic amines) is 1. The Balaban J connectivity index is 0.00000162. The molecule has 0 amide bonds. The van der Waals surface area contributed by atoms with Crippen LogP contribution >= 0.6 is 0 Å². The Labute approximate surface area is 110 Å². The van der Waals surface area contributed by atoms with E-state index in [0.29, 0.717) is 12.8 Å². The van der Waals surface area contributed by atoms with E-state index in [1.807, 2.05) is 0 Å². The highest BCUT2D eigenvalue weighted by molar-refractivity contribution is 5.19. The lowest BCUT2D eigenvalue weighted by Gasteiger charge is -2.14. The summed E-state index contributed by atoms with van der Waals surface area (Å²) in [5.41, 5.74) is 0.0445. The van der Waals surface area contributed by atoms with Crippen LogP contribution in [0.5, 0.6) is 0 Å². The van der Waals surface area contributed by atoms with Crippen molar-refractivity contribution in [1.29, 1.82) is 0 Å². The molecule has 0 unspecified atom stereocenters. The molecule has 0 aromatic heterocycles. The van der Waals surface area contributed by atoms with Crippen LogP contribution in [-0.2, 0) is 11.3 Å². The van der Waals surface area contributed by atoms with Crippen molar-refractivity contribution in [2.45, 2.75) is 19.4 Å². The molecule has 1 aromatic carbocycles. The van der Waals surface area contributed by atoms with Gasteiger partial charge in [-0.2, -0.15) is 0 Å². The highest BCUT2D eigenvalue weighted by Gasteiger charge is 2.13. The lowest BCUT2D eigenvalue weighted by atomic mass is 10.2. The van der Waals surface area contributed by atoms with Gasteiger partial charge in [0.2, 0.25) is 0 Å². The van der Waals surface area contributed by atoms with Gasteiger partial charge in [0.25, 0.3) is 0 Å². The van der Waals surface area contributed by atoms with Crippen LogP contribution in [0.25, 0.3) is 0 Å². The molecular weight excluding hydrogens is 267 g/mol. The van der Waals surface area contributed by atoms with Crippen molar-refractivity contribution in [3.05, 3.63) is 35.1 Å². The third kappa shape index (κ3) is 3.86. The fourth-order valence-corrected chi connectivity index (χ4v) is 1.87. The number of benzene rings is 1. The van der Waals surface area contributed by atoms with Crippen molar-refractivity contribution in [3.63, 3.8) is 0 Å². The molecule has 1 heterocycles. The van der Waals surface area contributed by atoms with Crippen LogP contribution in [0.2, 0.25) is 0 Å². The average Bonchev–Trinajstić information content (AvgIpc) is 2.78. The van der Waals surface area contributed by atoms with E-state index in [2.05, 4.69) is 4.90 Å². The van der Waals surface area contributed by atoms with Crippen molar-refractivity contribution in [3.8, 4) is 0 Å². The predicted octanol–water partition coefficient (Wildman–Crippen LogP) is -0.322. The van der Waals surface area contributed by atoms with Gasteiger partial charge in [0.05, 0.1) is 13.3 Å². The molecule has 0 bridgehead atoms. The van der Waals surface area contributed by atoms with Gasteiger partial charge in [-0.3, -0.25) is 4.90 Å². The van der Waals surface area contributed by atoms with Crippen LogP contribution < -0.4 is 12.4 Å². The number of halogens is 4. The Bertz CT molecular complexity index is 397. The molecule has 102 valence electrons. The van der Waals surface area contributed by atoms with Crippen molar-refractivity contribution >= 4 is 0 Å². The average molecular weight is 281 g/mol. The monoisotopic (exact) mass is 280 g/mol. The summed E-state index contributed by atoms with van der Waals surface area (Å²) in [6.07, 6.45) is 2.28. The van der Waals surface area contributed by atoms with Crippen molar-refractivity contribution < 1.29 is 30.3 Å². The molecule has 1 aromatic rings. The molecule has 6 heteroatoms. The molecular formula is C12H14ClF3NO-. The molecule has 0 aliphatic carbocycles. The maximum Gasteiger partial charge on any atom is 0.161 e. The van der Waals surface area contributed by atoms with E-state index in [1.165, 1.54) is 0 Å². The van der Waals surface area contributed by atoms with Gasteiger partial charge in [0.1, 0.15) is 5.82 Å². The van der Waals surface area contributed by atoms with E-state index in [4.69, 9.17) is 4.74 Å². The van der Waals surface area contributed by atoms with Gasteiger partial charge in [-0.15, -0.1) is 0 Å². The second-order valence-corrected chi connectivity index (χ2v) is 4.16. The standard InChI is InChI=1S/C12H14F3NO.ClH/c13-10-6-12(15)11(14)5-9(10)7-17-8-16-3-1-2-4-16;/h5-6H,1-4,7-8H2;1H/p-1. The largest absolute Gasteiger partial charge is 1.00 e. The topological polar surface area (TPSA) is 12.5 Å². The van der Waals surface area contributed by atoms with E-state index in [0.717, 1.165) is 32.0 Å². The van der Waals surface area contributed by atoms with Crippen LogP contribution in [0.4, 0.5) is 13.2 Å². The Kier molecular flexibility index (Phi) is 5.91. The van der Waals surface area contributed by atoms with Crippen LogP contribution in [-0.4, -0.2) is 24.7 Å². The molecule has 2 nitrogen and oxygen atoms in total. The number of hydrogen-bond donors (Lipinski definition) is 0. The minimum absolute atomic E-state index is 0. The summed E-state index contributed by atoms with van der Waals surface area (Å²) in [5.74, 6) is -3.00. The maximum atomic E-state index is 13.2. The van der Waals surface area contributed by atoms with E-state index in [-0.39, 0.29) is 24.6 Å². The molecule has 0 atom stereocenters. The number of hydrogen-bond acceptors (Lipinski definition) is 2. The SMILES string of the molecule is Fc1cc(F)c(COCN2CCCC2)cc1F.[Cl-]. The predicted molar refractivity (Wildman–Crippen MR) is 56.8 cm³/mol. The molecule has 1 aliphatic heterocycles. The fraction of sp³-hybridized carbons (Fsp3) is 0.500. The van der Waals surface area contributed by atoms with Crippen molar-refractivity contribution in [1.82, 2.24) is 4.90 Å². The van der Waals surface area contributed by atoms with Crippen LogP contribution in [0.3, 0.4) is 0 Å². The summed E-state index contributed by atoms with van der Waals surface area (Å²) in [5, 5.41) is 0. The van der Waals surface area contributed by atoms with Crippen molar-refractivity contribution in [2.75, 3.05) is 19.8 Å². The van der Waals surface area contributed by atoms with Crippen LogP contribution in [0.1, 0.15) is 18.4 Å². The summed E-state index contributed by atoms with van der Waals surface area (Å²) in [6, 6.07) is 1.39. The third-order valence-electron chi connectivity index (χ3n) is 2.82. The van der Waals surface area contributed by atoms with Gasteiger partial charge >= 0.3 is 0 Å². The van der Waals surface area contributed by atoms with Crippen LogP contribution in [0, 0.1) is 17.5 Å². The molecule has 18 heavy (non-hydrogen) atoms. The minimum Gasteiger partial charge on any atom is -1.00 e. The highest BCUT2D eigenvalue weighted by Crippen LogP contribution is 2.15. The minimum atomic E-state index is -1.18. The smallest absolute Gasteiger partial charge is 0.161 e. The number of rotatable bonds is 4. The number of ether oxygens (including phenoxy) is 1. The molecule has 2 rings (SSSR count). The number of nitrogens with zero attached hydrogens (tertiary/aromatic N) is 1. The molecule has 1 aliphatic rings. The Morgan fingerprint density at radius 3 is 2.28 bits per heavy atom. The summed E-state index contributed by atoms with van der Waals surface area (Å²) in [6.45, 7) is 2.30. The summed E-state index contributed by atoms with van der Waals surface area (Å²) in [4.78, 5) is 2.10. The van der Waals surface area contributed by atoms with E-state index in [9.17, 15) is 13.2 Å². The van der Waals surface area contributed by atoms with Gasteiger partial charge < -0.3 is 17.1 Å². The lowest BCUT2D eigenvalue weighted by Crippen LogP contribution is -3.00. The molecule has 1 fully saturated rings. The second-order valence-electron chi connectivity index (χ2n) is 4.16. The molecule has 0 saturated carbocycles. The Morgan fingerprint density at radius 2 is 1.61 bits per heavy atom. The van der Waals surface area contributed by atoms with E-state index < -0.39 is 17.5 Å². The first-order valence-corrected chi connectivity index (χ1v) is 5.60. The normalized spacial score (nSPS) is 15.7. The van der Waals surface area contributed by atoms with Gasteiger partial charge in [-0.25, -0.2) is 13.2 Å². The zero-order valence-electron chi connectivity index (χ0n) is 9.76. The first-order chi connectivity index (χ1) is 8.16. The second kappa shape index (κ2) is 6.97. The zero-order chi connectivity index (χ0) is 12.3. The van der Waals surface area contributed by atoms with Crippen LogP contribution in [0.15, 0.2) is 12.1 Å². The molecule has 0 spiro atoms. The molecule has 1 saturated heterocycles. The molecule has 0 radical (unpaired) electrons. The summed E-state index contributed by atoms with van der Waals surface area (Å²) < 4.78 is 44.0. The van der Waals surface area contributed by atoms with Gasteiger partial charge in [0, 0.05) is 24.7 Å². The Morgan fingerprint density at radius 1 is 1.00 bits per heavy atom. The highest BCUT2D eigenvalue weighted by atomic mass is 35.5. The first-order valence-electron chi connectivity index (χ1n) is 5.60. The fourth-order valence-electron chi connectivity index (χ4n) is 1.87.